The van der Waals surface area contributed by atoms with Gasteiger partial charge in [0.2, 0.25) is 0 Å². The summed E-state index contributed by atoms with van der Waals surface area (Å²) in [6, 6.07) is 52.2. The van der Waals surface area contributed by atoms with Gasteiger partial charge in [-0.1, -0.05) is 139 Å². The summed E-state index contributed by atoms with van der Waals surface area (Å²) in [4.78, 5) is 14.9. The molecule has 0 aliphatic heterocycles. The highest BCUT2D eigenvalue weighted by atomic mass is 19.4. The number of aromatic nitrogens is 4. The Bertz CT molecular complexity index is 2780. The van der Waals surface area contributed by atoms with Crippen LogP contribution in [-0.4, -0.2) is 19.5 Å². The highest BCUT2D eigenvalue weighted by Crippen LogP contribution is 2.40. The van der Waals surface area contributed by atoms with E-state index in [9.17, 15) is 13.2 Å². The molecule has 0 bridgehead atoms. The third-order valence-corrected chi connectivity index (χ3v) is 9.95. The van der Waals surface area contributed by atoms with Crippen molar-refractivity contribution in [2.45, 2.75) is 20.0 Å². The fourth-order valence-electron chi connectivity index (χ4n) is 7.43. The van der Waals surface area contributed by atoms with E-state index >= 15 is 0 Å². The van der Waals surface area contributed by atoms with E-state index in [1.165, 1.54) is 23.3 Å². The lowest BCUT2D eigenvalue weighted by molar-refractivity contribution is -0.137. The smallest absolute Gasteiger partial charge is 0.309 e. The van der Waals surface area contributed by atoms with Gasteiger partial charge in [-0.2, -0.15) is 13.2 Å². The molecule has 9 rings (SSSR count). The SMILES string of the molecule is Cc1cc(C)cc(-c2ccc3c(c2)c2ccccc2n3-c2cc(-c3nc(-c4ccccc4)nc(-c4ccccc4)n3)ccc2-c2ccc(C(F)(F)F)cc2)c1. The minimum atomic E-state index is -4.45. The first kappa shape index (κ1) is 33.9. The maximum atomic E-state index is 13.7. The van der Waals surface area contributed by atoms with Gasteiger partial charge in [0.05, 0.1) is 22.3 Å². The molecule has 0 aliphatic carbocycles. The fraction of sp³-hybridized carbons (Fsp3) is 0.0625. The molecule has 4 nitrogen and oxygen atoms in total. The molecule has 2 heterocycles. The summed E-state index contributed by atoms with van der Waals surface area (Å²) < 4.78 is 43.3. The average Bonchev–Trinajstić information content (AvgIpc) is 3.54. The first-order valence-electron chi connectivity index (χ1n) is 18.0. The van der Waals surface area contributed by atoms with Gasteiger partial charge in [-0.05, 0) is 66.9 Å². The zero-order valence-corrected chi connectivity index (χ0v) is 30.0. The molecule has 55 heavy (non-hydrogen) atoms. The van der Waals surface area contributed by atoms with Crippen LogP contribution in [0.4, 0.5) is 13.2 Å². The Morgan fingerprint density at radius 2 is 0.945 bits per heavy atom. The summed E-state index contributed by atoms with van der Waals surface area (Å²) in [7, 11) is 0. The van der Waals surface area contributed by atoms with E-state index in [-0.39, 0.29) is 0 Å². The number of benzene rings is 7. The molecule has 266 valence electrons. The van der Waals surface area contributed by atoms with Crippen LogP contribution in [0.1, 0.15) is 16.7 Å². The third-order valence-electron chi connectivity index (χ3n) is 9.95. The molecule has 0 saturated heterocycles. The van der Waals surface area contributed by atoms with Gasteiger partial charge < -0.3 is 4.57 Å². The number of nitrogens with zero attached hydrogens (tertiary/aromatic N) is 4. The first-order chi connectivity index (χ1) is 26.7. The minimum Gasteiger partial charge on any atom is -0.309 e. The van der Waals surface area contributed by atoms with Crippen molar-refractivity contribution in [1.82, 2.24) is 19.5 Å². The standard InChI is InChI=1S/C48H33F3N4/c1-30-25-31(2)27-37(26-30)35-20-24-43-41(28-35)40-15-9-10-16-42(40)55(43)44-29-36(19-23-39(44)32-17-21-38(22-18-32)48(49,50)51)47-53-45(33-11-5-3-6-12-33)52-46(54-47)34-13-7-4-8-14-34/h3-29H,1-2H3. The van der Waals surface area contributed by atoms with Crippen LogP contribution in [0.2, 0.25) is 0 Å². The van der Waals surface area contributed by atoms with Crippen molar-refractivity contribution in [3.05, 3.63) is 180 Å². The average molecular weight is 723 g/mol. The number of fused-ring (bicyclic) bond motifs is 3. The maximum Gasteiger partial charge on any atom is 0.416 e. The summed E-state index contributed by atoms with van der Waals surface area (Å²) in [5.41, 5.74) is 10.5. The summed E-state index contributed by atoms with van der Waals surface area (Å²) in [5.74, 6) is 1.55. The molecule has 0 aliphatic rings. The molecule has 0 N–H and O–H groups in total. The molecule has 9 aromatic rings. The quantitative estimate of drug-likeness (QED) is 0.172. The van der Waals surface area contributed by atoms with Gasteiger partial charge in [0.15, 0.2) is 17.5 Å². The Morgan fingerprint density at radius 3 is 1.56 bits per heavy atom. The van der Waals surface area contributed by atoms with Crippen LogP contribution in [0.3, 0.4) is 0 Å². The van der Waals surface area contributed by atoms with Gasteiger partial charge >= 0.3 is 6.18 Å². The van der Waals surface area contributed by atoms with Crippen LogP contribution >= 0.6 is 0 Å². The van der Waals surface area contributed by atoms with Crippen molar-refractivity contribution < 1.29 is 13.2 Å². The molecule has 0 fully saturated rings. The topological polar surface area (TPSA) is 43.6 Å². The van der Waals surface area contributed by atoms with E-state index in [0.717, 1.165) is 73.0 Å². The van der Waals surface area contributed by atoms with Crippen molar-refractivity contribution in [3.8, 4) is 62.1 Å². The van der Waals surface area contributed by atoms with E-state index in [2.05, 4.69) is 66.9 Å². The maximum absolute atomic E-state index is 13.7. The van der Waals surface area contributed by atoms with E-state index in [4.69, 9.17) is 15.0 Å². The van der Waals surface area contributed by atoms with E-state index < -0.39 is 11.7 Å². The van der Waals surface area contributed by atoms with Gasteiger partial charge in [-0.3, -0.25) is 0 Å². The number of para-hydroxylation sites is 1. The Kier molecular flexibility index (Phi) is 8.35. The van der Waals surface area contributed by atoms with Crippen molar-refractivity contribution in [1.29, 1.82) is 0 Å². The molecule has 0 radical (unpaired) electrons. The van der Waals surface area contributed by atoms with Gasteiger partial charge in [-0.25, -0.2) is 15.0 Å². The Balaban J connectivity index is 1.30. The van der Waals surface area contributed by atoms with Crippen LogP contribution in [0.5, 0.6) is 0 Å². The molecule has 0 saturated carbocycles. The number of hydrogen-bond donors (Lipinski definition) is 0. The van der Waals surface area contributed by atoms with Gasteiger partial charge in [0.25, 0.3) is 0 Å². The molecular formula is C48H33F3N4. The Labute approximate surface area is 316 Å². The number of halogens is 3. The van der Waals surface area contributed by atoms with Crippen LogP contribution < -0.4 is 0 Å². The van der Waals surface area contributed by atoms with Crippen LogP contribution in [0.15, 0.2) is 164 Å². The normalized spacial score (nSPS) is 11.7. The Hall–Kier alpha value is -6.86. The Morgan fingerprint density at radius 1 is 0.418 bits per heavy atom. The zero-order chi connectivity index (χ0) is 37.7. The second-order valence-corrected chi connectivity index (χ2v) is 13.8. The number of rotatable bonds is 6. The largest absolute Gasteiger partial charge is 0.416 e. The molecule has 2 aromatic heterocycles. The van der Waals surface area contributed by atoms with Crippen molar-refractivity contribution in [2.75, 3.05) is 0 Å². The predicted molar refractivity (Wildman–Crippen MR) is 216 cm³/mol. The van der Waals surface area contributed by atoms with E-state index in [1.807, 2.05) is 91.0 Å². The molecule has 0 spiro atoms. The number of alkyl halides is 3. The monoisotopic (exact) mass is 722 g/mol. The molecule has 0 amide bonds. The van der Waals surface area contributed by atoms with Crippen molar-refractivity contribution in [2.24, 2.45) is 0 Å². The predicted octanol–water partition coefficient (Wildman–Crippen LogP) is 12.9. The van der Waals surface area contributed by atoms with Crippen LogP contribution in [0.25, 0.3) is 83.9 Å². The summed E-state index contributed by atoms with van der Waals surface area (Å²) >= 11 is 0. The summed E-state index contributed by atoms with van der Waals surface area (Å²) in [6.07, 6.45) is -4.45. The first-order valence-corrected chi connectivity index (χ1v) is 18.0. The van der Waals surface area contributed by atoms with Gasteiger partial charge in [0.1, 0.15) is 0 Å². The van der Waals surface area contributed by atoms with E-state index in [0.29, 0.717) is 23.0 Å². The van der Waals surface area contributed by atoms with E-state index in [1.54, 1.807) is 0 Å². The lowest BCUT2D eigenvalue weighted by atomic mass is 9.98. The molecular weight excluding hydrogens is 690 g/mol. The summed E-state index contributed by atoms with van der Waals surface area (Å²) in [5, 5.41) is 2.12. The third kappa shape index (κ3) is 6.44. The van der Waals surface area contributed by atoms with Crippen LogP contribution in [-0.2, 0) is 6.18 Å². The second kappa shape index (κ2) is 13.5. The molecule has 0 atom stereocenters. The highest BCUT2D eigenvalue weighted by Gasteiger charge is 2.30. The van der Waals surface area contributed by atoms with Crippen molar-refractivity contribution in [3.63, 3.8) is 0 Å². The zero-order valence-electron chi connectivity index (χ0n) is 30.0. The van der Waals surface area contributed by atoms with Gasteiger partial charge in [0, 0.05) is 33.0 Å². The van der Waals surface area contributed by atoms with Crippen molar-refractivity contribution >= 4 is 21.8 Å². The molecule has 7 heteroatoms. The lowest BCUT2D eigenvalue weighted by Gasteiger charge is -2.17. The second-order valence-electron chi connectivity index (χ2n) is 13.8. The van der Waals surface area contributed by atoms with Crippen LogP contribution in [0, 0.1) is 13.8 Å². The number of aryl methyl sites for hydroxylation is 2. The summed E-state index contributed by atoms with van der Waals surface area (Å²) in [6.45, 7) is 4.21. The fourth-order valence-corrected chi connectivity index (χ4v) is 7.43. The number of hydrogen-bond acceptors (Lipinski definition) is 3. The highest BCUT2D eigenvalue weighted by molar-refractivity contribution is 6.11. The molecule has 0 unspecified atom stereocenters. The minimum absolute atomic E-state index is 0.478. The van der Waals surface area contributed by atoms with Gasteiger partial charge in [-0.15, -0.1) is 0 Å². The molecule has 7 aromatic carbocycles. The lowest BCUT2D eigenvalue weighted by Crippen LogP contribution is -2.04.